The monoisotopic (exact) mass is 344 g/mol. The zero-order valence-corrected chi connectivity index (χ0v) is 14.7. The third-order valence-corrected chi connectivity index (χ3v) is 4.60. The number of carbonyl (C=O) groups is 1. The number of anilines is 1. The molecule has 0 spiro atoms. The molecule has 24 heavy (non-hydrogen) atoms. The lowest BCUT2D eigenvalue weighted by Crippen LogP contribution is -2.48. The van der Waals surface area contributed by atoms with Crippen LogP contribution < -0.4 is 9.64 Å². The highest BCUT2D eigenvalue weighted by molar-refractivity contribution is 6.30. The van der Waals surface area contributed by atoms with Crippen molar-refractivity contribution < 1.29 is 9.53 Å². The van der Waals surface area contributed by atoms with E-state index in [0.717, 1.165) is 13.1 Å². The maximum atomic E-state index is 12.8. The molecule has 2 aromatic carbocycles. The molecule has 3 rings (SSSR count). The Balaban J connectivity index is 1.68. The molecule has 0 bridgehead atoms. The second-order valence-electron chi connectivity index (χ2n) is 5.96. The highest BCUT2D eigenvalue weighted by atomic mass is 35.5. The Kier molecular flexibility index (Phi) is 4.95. The van der Waals surface area contributed by atoms with Gasteiger partial charge in [0.1, 0.15) is 5.75 Å². The summed E-state index contributed by atoms with van der Waals surface area (Å²) in [6.07, 6.45) is 0. The molecule has 0 aromatic heterocycles. The Hall–Kier alpha value is -2.20. The van der Waals surface area contributed by atoms with Gasteiger partial charge in [-0.1, -0.05) is 29.3 Å². The number of carbonyl (C=O) groups excluding carboxylic acids is 1. The van der Waals surface area contributed by atoms with Gasteiger partial charge in [0.05, 0.1) is 12.7 Å². The van der Waals surface area contributed by atoms with Gasteiger partial charge in [0.25, 0.3) is 5.91 Å². The molecule has 126 valence electrons. The van der Waals surface area contributed by atoms with Crippen LogP contribution in [0.4, 0.5) is 5.69 Å². The van der Waals surface area contributed by atoms with E-state index in [0.29, 0.717) is 29.4 Å². The fourth-order valence-electron chi connectivity index (χ4n) is 2.94. The number of aryl methyl sites for hydroxylation is 1. The summed E-state index contributed by atoms with van der Waals surface area (Å²) in [5.41, 5.74) is 3.02. The summed E-state index contributed by atoms with van der Waals surface area (Å²) in [5.74, 6) is 0.514. The van der Waals surface area contributed by atoms with Crippen LogP contribution in [0.1, 0.15) is 15.9 Å². The van der Waals surface area contributed by atoms with Gasteiger partial charge in [-0.2, -0.15) is 0 Å². The second-order valence-corrected chi connectivity index (χ2v) is 6.40. The molecule has 5 heteroatoms. The lowest BCUT2D eigenvalue weighted by atomic mass is 10.1. The number of ether oxygens (including phenoxy) is 1. The van der Waals surface area contributed by atoms with E-state index in [-0.39, 0.29) is 5.91 Å². The first-order valence-electron chi connectivity index (χ1n) is 8.03. The van der Waals surface area contributed by atoms with Crippen molar-refractivity contribution in [3.05, 3.63) is 58.6 Å². The average molecular weight is 345 g/mol. The predicted molar refractivity (Wildman–Crippen MR) is 97.3 cm³/mol. The average Bonchev–Trinajstić information content (AvgIpc) is 2.62. The number of hydrogen-bond acceptors (Lipinski definition) is 3. The van der Waals surface area contributed by atoms with Gasteiger partial charge in [0.2, 0.25) is 0 Å². The standard InChI is InChI=1S/C19H21ClN2O2/c1-14-3-6-16(7-4-14)21-9-11-22(12-10-21)19(23)17-8-5-15(20)13-18(17)24-2/h3-8,13H,9-12H2,1-2H3. The van der Waals surface area contributed by atoms with E-state index in [1.54, 1.807) is 25.3 Å². The molecule has 0 N–H and O–H groups in total. The Bertz CT molecular complexity index is 723. The van der Waals surface area contributed by atoms with Crippen molar-refractivity contribution in [3.8, 4) is 5.75 Å². The Morgan fingerprint density at radius 3 is 2.33 bits per heavy atom. The number of amides is 1. The van der Waals surface area contributed by atoms with Crippen molar-refractivity contribution in [2.24, 2.45) is 0 Å². The van der Waals surface area contributed by atoms with Crippen LogP contribution in [0.25, 0.3) is 0 Å². The van der Waals surface area contributed by atoms with Gasteiger partial charge < -0.3 is 14.5 Å². The molecule has 0 aliphatic carbocycles. The van der Waals surface area contributed by atoms with Gasteiger partial charge in [-0.05, 0) is 37.3 Å². The van der Waals surface area contributed by atoms with E-state index >= 15 is 0 Å². The molecule has 1 amide bonds. The van der Waals surface area contributed by atoms with Crippen LogP contribution in [-0.2, 0) is 0 Å². The summed E-state index contributed by atoms with van der Waals surface area (Å²) in [7, 11) is 1.55. The molecular formula is C19H21ClN2O2. The summed E-state index contributed by atoms with van der Waals surface area (Å²) >= 11 is 5.97. The van der Waals surface area contributed by atoms with E-state index in [9.17, 15) is 4.79 Å². The number of nitrogens with zero attached hydrogens (tertiary/aromatic N) is 2. The van der Waals surface area contributed by atoms with Gasteiger partial charge in [-0.3, -0.25) is 4.79 Å². The smallest absolute Gasteiger partial charge is 0.257 e. The SMILES string of the molecule is COc1cc(Cl)ccc1C(=O)N1CCN(c2ccc(C)cc2)CC1. The molecule has 0 atom stereocenters. The fraction of sp³-hybridized carbons (Fsp3) is 0.316. The second kappa shape index (κ2) is 7.14. The van der Waals surface area contributed by atoms with Crippen molar-refractivity contribution in [3.63, 3.8) is 0 Å². The number of halogens is 1. The molecular weight excluding hydrogens is 324 g/mol. The molecule has 1 heterocycles. The Morgan fingerprint density at radius 1 is 1.04 bits per heavy atom. The summed E-state index contributed by atoms with van der Waals surface area (Å²) in [5, 5.41) is 0.563. The van der Waals surface area contributed by atoms with Gasteiger partial charge in [0, 0.05) is 36.9 Å². The lowest BCUT2D eigenvalue weighted by molar-refractivity contribution is 0.0743. The minimum atomic E-state index is -0.00734. The maximum absolute atomic E-state index is 12.8. The molecule has 1 fully saturated rings. The Labute approximate surface area is 147 Å². The lowest BCUT2D eigenvalue weighted by Gasteiger charge is -2.36. The number of benzene rings is 2. The number of rotatable bonds is 3. The first-order chi connectivity index (χ1) is 11.6. The van der Waals surface area contributed by atoms with Gasteiger partial charge in [-0.15, -0.1) is 0 Å². The third-order valence-electron chi connectivity index (χ3n) is 4.36. The summed E-state index contributed by atoms with van der Waals surface area (Å²) in [6, 6.07) is 13.6. The molecule has 0 radical (unpaired) electrons. The number of piperazine rings is 1. The molecule has 2 aromatic rings. The minimum absolute atomic E-state index is 0.00734. The van der Waals surface area contributed by atoms with Crippen LogP contribution in [-0.4, -0.2) is 44.1 Å². The topological polar surface area (TPSA) is 32.8 Å². The first-order valence-corrected chi connectivity index (χ1v) is 8.40. The molecule has 0 unspecified atom stereocenters. The zero-order chi connectivity index (χ0) is 17.1. The molecule has 1 aliphatic rings. The maximum Gasteiger partial charge on any atom is 0.257 e. The quantitative estimate of drug-likeness (QED) is 0.852. The van der Waals surface area contributed by atoms with Crippen molar-refractivity contribution in [1.29, 1.82) is 0 Å². The largest absolute Gasteiger partial charge is 0.496 e. The highest BCUT2D eigenvalue weighted by Gasteiger charge is 2.24. The fourth-order valence-corrected chi connectivity index (χ4v) is 3.10. The van der Waals surface area contributed by atoms with Gasteiger partial charge in [-0.25, -0.2) is 0 Å². The van der Waals surface area contributed by atoms with Crippen molar-refractivity contribution in [2.45, 2.75) is 6.92 Å². The number of hydrogen-bond donors (Lipinski definition) is 0. The highest BCUT2D eigenvalue weighted by Crippen LogP contribution is 2.25. The van der Waals surface area contributed by atoms with Gasteiger partial charge in [0.15, 0.2) is 0 Å². The number of methoxy groups -OCH3 is 1. The summed E-state index contributed by atoms with van der Waals surface area (Å²) in [4.78, 5) is 16.9. The van der Waals surface area contributed by atoms with Crippen LogP contribution in [0.5, 0.6) is 5.75 Å². The van der Waals surface area contributed by atoms with E-state index < -0.39 is 0 Å². The predicted octanol–water partition coefficient (Wildman–Crippen LogP) is 3.62. The summed E-state index contributed by atoms with van der Waals surface area (Å²) < 4.78 is 5.30. The Morgan fingerprint density at radius 2 is 1.71 bits per heavy atom. The molecule has 1 saturated heterocycles. The van der Waals surface area contributed by atoms with Crippen molar-refractivity contribution >= 4 is 23.2 Å². The van der Waals surface area contributed by atoms with Crippen LogP contribution in [0, 0.1) is 6.92 Å². The van der Waals surface area contributed by atoms with E-state index in [2.05, 4.69) is 36.1 Å². The zero-order valence-electron chi connectivity index (χ0n) is 14.0. The van der Waals surface area contributed by atoms with Crippen LogP contribution in [0.2, 0.25) is 5.02 Å². The van der Waals surface area contributed by atoms with E-state index in [1.807, 2.05) is 4.90 Å². The van der Waals surface area contributed by atoms with E-state index in [4.69, 9.17) is 16.3 Å². The summed E-state index contributed by atoms with van der Waals surface area (Å²) in [6.45, 7) is 5.12. The minimum Gasteiger partial charge on any atom is -0.496 e. The normalized spacial score (nSPS) is 14.6. The molecule has 4 nitrogen and oxygen atoms in total. The molecule has 0 saturated carbocycles. The van der Waals surface area contributed by atoms with Crippen molar-refractivity contribution in [2.75, 3.05) is 38.2 Å². The van der Waals surface area contributed by atoms with Crippen molar-refractivity contribution in [1.82, 2.24) is 4.90 Å². The van der Waals surface area contributed by atoms with E-state index in [1.165, 1.54) is 11.3 Å². The molecule has 1 aliphatic heterocycles. The third kappa shape index (κ3) is 3.49. The van der Waals surface area contributed by atoms with Crippen LogP contribution >= 0.6 is 11.6 Å². The van der Waals surface area contributed by atoms with Crippen LogP contribution in [0.15, 0.2) is 42.5 Å². The van der Waals surface area contributed by atoms with Gasteiger partial charge >= 0.3 is 0 Å². The van der Waals surface area contributed by atoms with Crippen LogP contribution in [0.3, 0.4) is 0 Å². The first kappa shape index (κ1) is 16.7.